The van der Waals surface area contributed by atoms with Crippen LogP contribution in [0, 0.1) is 6.92 Å². The van der Waals surface area contributed by atoms with Crippen molar-refractivity contribution in [2.24, 2.45) is 0 Å². The van der Waals surface area contributed by atoms with Crippen LogP contribution in [0.25, 0.3) is 0 Å². The fraction of sp³-hybridized carbons (Fsp3) is 0.583. The molecule has 1 heterocycles. The summed E-state index contributed by atoms with van der Waals surface area (Å²) in [5, 5.41) is 8.97. The second kappa shape index (κ2) is 6.01. The minimum Gasteiger partial charge on any atom is -0.481 e. The Labute approximate surface area is 101 Å². The van der Waals surface area contributed by atoms with Gasteiger partial charge in [-0.2, -0.15) is 0 Å². The second-order valence-electron chi connectivity index (χ2n) is 3.78. The van der Waals surface area contributed by atoms with E-state index in [0.717, 1.165) is 18.0 Å². The molecule has 1 rings (SSSR count). The molecule has 4 heteroatoms. The summed E-state index contributed by atoms with van der Waals surface area (Å²) in [5.41, 5.74) is 0. The maximum absolute atomic E-state index is 10.9. The molecule has 1 atom stereocenters. The number of nitrogens with zero attached hydrogens (tertiary/aromatic N) is 1. The third kappa shape index (κ3) is 3.32. The van der Waals surface area contributed by atoms with E-state index in [-0.39, 0.29) is 12.5 Å². The van der Waals surface area contributed by atoms with Crippen molar-refractivity contribution in [3.05, 3.63) is 21.9 Å². The quantitative estimate of drug-likeness (QED) is 0.832. The first-order chi connectivity index (χ1) is 7.58. The lowest BCUT2D eigenvalue weighted by Gasteiger charge is -2.27. The Morgan fingerprint density at radius 1 is 1.44 bits per heavy atom. The van der Waals surface area contributed by atoms with Crippen molar-refractivity contribution in [2.45, 2.75) is 33.2 Å². The highest BCUT2D eigenvalue weighted by molar-refractivity contribution is 7.12. The Morgan fingerprint density at radius 2 is 2.06 bits per heavy atom. The Hall–Kier alpha value is -0.870. The van der Waals surface area contributed by atoms with Crippen LogP contribution in [0.1, 0.15) is 36.1 Å². The van der Waals surface area contributed by atoms with E-state index >= 15 is 0 Å². The number of carbonyl (C=O) groups is 1. The topological polar surface area (TPSA) is 40.5 Å². The molecule has 0 bridgehead atoms. The van der Waals surface area contributed by atoms with E-state index in [1.165, 1.54) is 4.88 Å². The van der Waals surface area contributed by atoms with Crippen LogP contribution in [0.4, 0.5) is 0 Å². The molecule has 0 amide bonds. The van der Waals surface area contributed by atoms with Gasteiger partial charge in [-0.1, -0.05) is 13.8 Å². The normalized spacial score (nSPS) is 13.0. The Balaban J connectivity index is 2.90. The van der Waals surface area contributed by atoms with Crippen LogP contribution in [0.2, 0.25) is 0 Å². The van der Waals surface area contributed by atoms with Crippen LogP contribution in [0.5, 0.6) is 0 Å². The lowest BCUT2D eigenvalue weighted by molar-refractivity contribution is -0.138. The van der Waals surface area contributed by atoms with Crippen molar-refractivity contribution in [1.29, 1.82) is 0 Å². The molecule has 1 aromatic heterocycles. The maximum atomic E-state index is 10.9. The number of carboxylic acid groups (broad SMARTS) is 1. The van der Waals surface area contributed by atoms with Gasteiger partial charge in [0.25, 0.3) is 0 Å². The standard InChI is InChI=1S/C12H19NO2S/c1-4-13(5-2)10(8-12(14)15)11-7-6-9(3)16-11/h6-7,10H,4-5,8H2,1-3H3,(H,14,15). The zero-order valence-corrected chi connectivity index (χ0v) is 10.9. The molecule has 0 aliphatic rings. The van der Waals surface area contributed by atoms with Crippen LogP contribution in [0.3, 0.4) is 0 Å². The SMILES string of the molecule is CCN(CC)C(CC(=O)O)c1ccc(C)s1. The van der Waals surface area contributed by atoms with E-state index in [4.69, 9.17) is 5.11 Å². The van der Waals surface area contributed by atoms with Gasteiger partial charge in [0.2, 0.25) is 0 Å². The van der Waals surface area contributed by atoms with Gasteiger partial charge in [-0.3, -0.25) is 9.69 Å². The van der Waals surface area contributed by atoms with Crippen LogP contribution in [-0.4, -0.2) is 29.1 Å². The number of thiophene rings is 1. The highest BCUT2D eigenvalue weighted by atomic mass is 32.1. The molecule has 16 heavy (non-hydrogen) atoms. The number of hydrogen-bond acceptors (Lipinski definition) is 3. The maximum Gasteiger partial charge on any atom is 0.305 e. The van der Waals surface area contributed by atoms with E-state index in [1.807, 2.05) is 13.0 Å². The molecule has 0 fully saturated rings. The van der Waals surface area contributed by atoms with Gasteiger partial charge in [0, 0.05) is 9.75 Å². The van der Waals surface area contributed by atoms with Crippen molar-refractivity contribution >= 4 is 17.3 Å². The minimum atomic E-state index is -0.733. The summed E-state index contributed by atoms with van der Waals surface area (Å²) in [4.78, 5) is 15.5. The Kier molecular flexibility index (Phi) is 4.96. The van der Waals surface area contributed by atoms with E-state index in [2.05, 4.69) is 24.8 Å². The molecule has 0 aliphatic carbocycles. The van der Waals surface area contributed by atoms with Gasteiger partial charge in [-0.15, -0.1) is 11.3 Å². The Bertz CT molecular complexity index is 345. The Morgan fingerprint density at radius 3 is 2.44 bits per heavy atom. The first-order valence-corrected chi connectivity index (χ1v) is 6.42. The fourth-order valence-electron chi connectivity index (χ4n) is 1.87. The van der Waals surface area contributed by atoms with Crippen LogP contribution >= 0.6 is 11.3 Å². The van der Waals surface area contributed by atoms with Crippen LogP contribution in [0.15, 0.2) is 12.1 Å². The molecule has 0 radical (unpaired) electrons. The molecule has 1 aromatic rings. The summed E-state index contributed by atoms with van der Waals surface area (Å²) in [6.45, 7) is 7.95. The summed E-state index contributed by atoms with van der Waals surface area (Å²) < 4.78 is 0. The molecule has 0 aromatic carbocycles. The van der Waals surface area contributed by atoms with Crippen molar-refractivity contribution in [2.75, 3.05) is 13.1 Å². The zero-order valence-electron chi connectivity index (χ0n) is 10.1. The van der Waals surface area contributed by atoms with Crippen molar-refractivity contribution in [3.8, 4) is 0 Å². The lowest BCUT2D eigenvalue weighted by atomic mass is 10.1. The van der Waals surface area contributed by atoms with Gasteiger partial charge >= 0.3 is 5.97 Å². The number of rotatable bonds is 6. The number of aliphatic carboxylic acids is 1. The summed E-state index contributed by atoms with van der Waals surface area (Å²) in [5.74, 6) is -0.733. The largest absolute Gasteiger partial charge is 0.481 e. The first kappa shape index (κ1) is 13.2. The smallest absolute Gasteiger partial charge is 0.305 e. The summed E-state index contributed by atoms with van der Waals surface area (Å²) in [7, 11) is 0. The molecule has 0 saturated carbocycles. The van der Waals surface area contributed by atoms with Gasteiger partial charge in [0.05, 0.1) is 12.5 Å². The number of carboxylic acids is 1. The van der Waals surface area contributed by atoms with E-state index in [1.54, 1.807) is 11.3 Å². The minimum absolute atomic E-state index is 0.0196. The average Bonchev–Trinajstić information content (AvgIpc) is 2.64. The van der Waals surface area contributed by atoms with E-state index in [0.29, 0.717) is 0 Å². The molecular formula is C12H19NO2S. The highest BCUT2D eigenvalue weighted by Gasteiger charge is 2.22. The predicted octanol–water partition coefficient (Wildman–Crippen LogP) is 2.91. The molecule has 0 saturated heterocycles. The van der Waals surface area contributed by atoms with Crippen molar-refractivity contribution in [3.63, 3.8) is 0 Å². The molecular weight excluding hydrogens is 222 g/mol. The molecule has 90 valence electrons. The first-order valence-electron chi connectivity index (χ1n) is 5.60. The average molecular weight is 241 g/mol. The van der Waals surface area contributed by atoms with E-state index < -0.39 is 5.97 Å². The summed E-state index contributed by atoms with van der Waals surface area (Å²) in [6.07, 6.45) is 0.182. The van der Waals surface area contributed by atoms with E-state index in [9.17, 15) is 4.79 Å². The van der Waals surface area contributed by atoms with Gasteiger partial charge in [-0.05, 0) is 32.1 Å². The number of aryl methyl sites for hydroxylation is 1. The molecule has 1 unspecified atom stereocenters. The van der Waals surface area contributed by atoms with Crippen molar-refractivity contribution in [1.82, 2.24) is 4.90 Å². The molecule has 0 spiro atoms. The third-order valence-corrected chi connectivity index (χ3v) is 3.81. The van der Waals surface area contributed by atoms with Crippen molar-refractivity contribution < 1.29 is 9.90 Å². The van der Waals surface area contributed by atoms with Crippen LogP contribution < -0.4 is 0 Å². The summed E-state index contributed by atoms with van der Waals surface area (Å²) >= 11 is 1.69. The molecule has 0 aliphatic heterocycles. The van der Waals surface area contributed by atoms with Gasteiger partial charge in [0.1, 0.15) is 0 Å². The predicted molar refractivity (Wildman–Crippen MR) is 67.0 cm³/mol. The fourth-order valence-corrected chi connectivity index (χ4v) is 2.88. The number of hydrogen-bond donors (Lipinski definition) is 1. The van der Waals surface area contributed by atoms with Gasteiger partial charge < -0.3 is 5.11 Å². The molecule has 3 nitrogen and oxygen atoms in total. The second-order valence-corrected chi connectivity index (χ2v) is 5.10. The highest BCUT2D eigenvalue weighted by Crippen LogP contribution is 2.29. The lowest BCUT2D eigenvalue weighted by Crippen LogP contribution is -2.29. The van der Waals surface area contributed by atoms with Gasteiger partial charge in [0.15, 0.2) is 0 Å². The van der Waals surface area contributed by atoms with Gasteiger partial charge in [-0.25, -0.2) is 0 Å². The monoisotopic (exact) mass is 241 g/mol. The van der Waals surface area contributed by atoms with Crippen LogP contribution in [-0.2, 0) is 4.79 Å². The third-order valence-electron chi connectivity index (χ3n) is 2.71. The zero-order chi connectivity index (χ0) is 12.1. The summed E-state index contributed by atoms with van der Waals surface area (Å²) in [6, 6.07) is 4.12. The molecule has 1 N–H and O–H groups in total.